The van der Waals surface area contributed by atoms with E-state index < -0.39 is 0 Å². The van der Waals surface area contributed by atoms with Gasteiger partial charge in [0, 0.05) is 25.7 Å². The van der Waals surface area contributed by atoms with Crippen LogP contribution in [0.15, 0.2) is 0 Å². The SMILES string of the molecule is CCC1CCCN(CCNC2CCC(C)CC2)C1. The average molecular weight is 252 g/mol. The van der Waals surface area contributed by atoms with Crippen molar-refractivity contribution in [1.29, 1.82) is 0 Å². The predicted octanol–water partition coefficient (Wildman–Crippen LogP) is 3.28. The van der Waals surface area contributed by atoms with E-state index in [9.17, 15) is 0 Å². The number of hydrogen-bond donors (Lipinski definition) is 1. The quantitative estimate of drug-likeness (QED) is 0.808. The van der Waals surface area contributed by atoms with Crippen LogP contribution >= 0.6 is 0 Å². The van der Waals surface area contributed by atoms with Crippen LogP contribution in [-0.4, -0.2) is 37.1 Å². The standard InChI is InChI=1S/C16H32N2/c1-3-15-5-4-11-18(13-15)12-10-17-16-8-6-14(2)7-9-16/h14-17H,3-13H2,1-2H3. The maximum Gasteiger partial charge on any atom is 0.0107 e. The zero-order valence-corrected chi connectivity index (χ0v) is 12.5. The highest BCUT2D eigenvalue weighted by Gasteiger charge is 2.20. The molecule has 2 nitrogen and oxygen atoms in total. The van der Waals surface area contributed by atoms with E-state index in [1.54, 1.807) is 0 Å². The molecule has 1 N–H and O–H groups in total. The molecule has 1 saturated carbocycles. The minimum Gasteiger partial charge on any atom is -0.313 e. The minimum absolute atomic E-state index is 0.813. The maximum atomic E-state index is 3.78. The summed E-state index contributed by atoms with van der Waals surface area (Å²) in [5, 5.41) is 3.78. The van der Waals surface area contributed by atoms with Crippen LogP contribution in [-0.2, 0) is 0 Å². The van der Waals surface area contributed by atoms with E-state index >= 15 is 0 Å². The maximum absolute atomic E-state index is 3.78. The summed E-state index contributed by atoms with van der Waals surface area (Å²) >= 11 is 0. The predicted molar refractivity (Wildman–Crippen MR) is 78.9 cm³/mol. The van der Waals surface area contributed by atoms with Crippen molar-refractivity contribution in [2.24, 2.45) is 11.8 Å². The summed E-state index contributed by atoms with van der Waals surface area (Å²) in [6, 6.07) is 0.813. The van der Waals surface area contributed by atoms with Crippen molar-refractivity contribution in [2.45, 2.75) is 64.8 Å². The van der Waals surface area contributed by atoms with Crippen molar-refractivity contribution in [3.63, 3.8) is 0 Å². The van der Waals surface area contributed by atoms with Gasteiger partial charge >= 0.3 is 0 Å². The van der Waals surface area contributed by atoms with E-state index in [1.165, 1.54) is 71.1 Å². The second kappa shape index (κ2) is 7.49. The zero-order chi connectivity index (χ0) is 12.8. The van der Waals surface area contributed by atoms with Gasteiger partial charge in [-0.3, -0.25) is 0 Å². The molecule has 0 bridgehead atoms. The third kappa shape index (κ3) is 4.55. The molecule has 0 aromatic carbocycles. The molecule has 0 spiro atoms. The molecule has 1 heterocycles. The number of nitrogens with one attached hydrogen (secondary N) is 1. The molecule has 106 valence electrons. The van der Waals surface area contributed by atoms with Crippen molar-refractivity contribution in [3.05, 3.63) is 0 Å². The monoisotopic (exact) mass is 252 g/mol. The lowest BCUT2D eigenvalue weighted by molar-refractivity contribution is 0.168. The largest absolute Gasteiger partial charge is 0.313 e. The Morgan fingerprint density at radius 3 is 2.61 bits per heavy atom. The fourth-order valence-corrected chi connectivity index (χ4v) is 3.58. The molecule has 2 fully saturated rings. The van der Waals surface area contributed by atoms with Crippen molar-refractivity contribution < 1.29 is 0 Å². The van der Waals surface area contributed by atoms with Gasteiger partial charge in [-0.25, -0.2) is 0 Å². The molecule has 1 saturated heterocycles. The summed E-state index contributed by atoms with van der Waals surface area (Å²) in [4.78, 5) is 2.68. The normalized spacial score (nSPS) is 34.7. The Kier molecular flexibility index (Phi) is 5.97. The molecule has 0 aromatic heterocycles. The van der Waals surface area contributed by atoms with Crippen LogP contribution in [0.3, 0.4) is 0 Å². The van der Waals surface area contributed by atoms with Crippen LogP contribution < -0.4 is 5.32 Å². The van der Waals surface area contributed by atoms with Crippen molar-refractivity contribution in [3.8, 4) is 0 Å². The minimum atomic E-state index is 0.813. The number of nitrogens with zero attached hydrogens (tertiary/aromatic N) is 1. The molecule has 0 radical (unpaired) electrons. The number of piperidine rings is 1. The van der Waals surface area contributed by atoms with E-state index in [1.807, 2.05) is 0 Å². The lowest BCUT2D eigenvalue weighted by Gasteiger charge is -2.33. The van der Waals surface area contributed by atoms with Crippen LogP contribution in [0.4, 0.5) is 0 Å². The second-order valence-electron chi connectivity index (χ2n) is 6.63. The fraction of sp³-hybridized carbons (Fsp3) is 1.00. The first kappa shape index (κ1) is 14.3. The Morgan fingerprint density at radius 1 is 1.11 bits per heavy atom. The highest BCUT2D eigenvalue weighted by Crippen LogP contribution is 2.23. The molecule has 0 amide bonds. The topological polar surface area (TPSA) is 15.3 Å². The third-order valence-electron chi connectivity index (χ3n) is 5.06. The lowest BCUT2D eigenvalue weighted by atomic mass is 9.87. The van der Waals surface area contributed by atoms with Crippen LogP contribution in [0.25, 0.3) is 0 Å². The van der Waals surface area contributed by atoms with E-state index in [4.69, 9.17) is 0 Å². The van der Waals surface area contributed by atoms with E-state index in [-0.39, 0.29) is 0 Å². The van der Waals surface area contributed by atoms with Gasteiger partial charge in [0.2, 0.25) is 0 Å². The smallest absolute Gasteiger partial charge is 0.0107 e. The molecule has 2 rings (SSSR count). The summed E-state index contributed by atoms with van der Waals surface area (Å²) in [5.74, 6) is 1.93. The van der Waals surface area contributed by atoms with Crippen molar-refractivity contribution in [2.75, 3.05) is 26.2 Å². The Bertz CT molecular complexity index is 221. The molecular weight excluding hydrogens is 220 g/mol. The van der Waals surface area contributed by atoms with E-state index in [0.29, 0.717) is 0 Å². The van der Waals surface area contributed by atoms with Gasteiger partial charge in [-0.2, -0.15) is 0 Å². The molecule has 1 atom stereocenters. The number of likely N-dealkylation sites (tertiary alicyclic amines) is 1. The first-order valence-corrected chi connectivity index (χ1v) is 8.23. The van der Waals surface area contributed by atoms with Gasteiger partial charge in [-0.15, -0.1) is 0 Å². The molecule has 0 aromatic rings. The highest BCUT2D eigenvalue weighted by atomic mass is 15.1. The van der Waals surface area contributed by atoms with E-state index in [0.717, 1.165) is 17.9 Å². The van der Waals surface area contributed by atoms with Gasteiger partial charge in [-0.05, 0) is 56.9 Å². The Morgan fingerprint density at radius 2 is 1.89 bits per heavy atom. The second-order valence-corrected chi connectivity index (χ2v) is 6.63. The van der Waals surface area contributed by atoms with Gasteiger partial charge in [0.25, 0.3) is 0 Å². The van der Waals surface area contributed by atoms with E-state index in [2.05, 4.69) is 24.1 Å². The molecule has 1 aliphatic heterocycles. The third-order valence-corrected chi connectivity index (χ3v) is 5.06. The summed E-state index contributed by atoms with van der Waals surface area (Å²) in [6.45, 7) is 9.89. The van der Waals surface area contributed by atoms with Crippen molar-refractivity contribution >= 4 is 0 Å². The van der Waals surface area contributed by atoms with Gasteiger partial charge < -0.3 is 10.2 Å². The van der Waals surface area contributed by atoms with Gasteiger partial charge in [-0.1, -0.05) is 20.3 Å². The van der Waals surface area contributed by atoms with Gasteiger partial charge in [0.1, 0.15) is 0 Å². The van der Waals surface area contributed by atoms with Crippen molar-refractivity contribution in [1.82, 2.24) is 10.2 Å². The van der Waals surface area contributed by atoms with Crippen LogP contribution in [0.2, 0.25) is 0 Å². The summed E-state index contributed by atoms with van der Waals surface area (Å²) in [5.41, 5.74) is 0. The first-order valence-electron chi connectivity index (χ1n) is 8.23. The van der Waals surface area contributed by atoms with Crippen LogP contribution in [0.1, 0.15) is 58.8 Å². The molecule has 2 aliphatic rings. The van der Waals surface area contributed by atoms with Gasteiger partial charge in [0.15, 0.2) is 0 Å². The first-order chi connectivity index (χ1) is 8.78. The molecular formula is C16H32N2. The molecule has 18 heavy (non-hydrogen) atoms. The molecule has 1 aliphatic carbocycles. The lowest BCUT2D eigenvalue weighted by Crippen LogP contribution is -2.42. The van der Waals surface area contributed by atoms with Crippen LogP contribution in [0.5, 0.6) is 0 Å². The summed E-state index contributed by atoms with van der Waals surface area (Å²) < 4.78 is 0. The van der Waals surface area contributed by atoms with Gasteiger partial charge in [0.05, 0.1) is 0 Å². The average Bonchev–Trinajstić information content (AvgIpc) is 2.41. The Hall–Kier alpha value is -0.0800. The Labute approximate surface area is 114 Å². The summed E-state index contributed by atoms with van der Waals surface area (Å²) in [6.07, 6.45) is 9.90. The number of rotatable bonds is 5. The molecule has 2 heteroatoms. The fourth-order valence-electron chi connectivity index (χ4n) is 3.58. The summed E-state index contributed by atoms with van der Waals surface area (Å²) in [7, 11) is 0. The molecule has 1 unspecified atom stereocenters. The zero-order valence-electron chi connectivity index (χ0n) is 12.5. The number of hydrogen-bond acceptors (Lipinski definition) is 2. The highest BCUT2D eigenvalue weighted by molar-refractivity contribution is 4.77. The Balaban J connectivity index is 1.57. The van der Waals surface area contributed by atoms with Crippen LogP contribution in [0, 0.1) is 11.8 Å².